The van der Waals surface area contributed by atoms with Gasteiger partial charge in [-0.05, 0) is 50.1 Å². The Hall–Kier alpha value is -3.23. The summed E-state index contributed by atoms with van der Waals surface area (Å²) in [4.78, 5) is 27.9. The number of methoxy groups -OCH3 is 1. The van der Waals surface area contributed by atoms with E-state index in [1.165, 1.54) is 12.0 Å². The highest BCUT2D eigenvalue weighted by Gasteiger charge is 2.45. The molecule has 1 aliphatic heterocycles. The third-order valence-corrected chi connectivity index (χ3v) is 5.85. The fourth-order valence-corrected chi connectivity index (χ4v) is 4.34. The van der Waals surface area contributed by atoms with Crippen LogP contribution in [0, 0.1) is 17.5 Å². The van der Waals surface area contributed by atoms with Gasteiger partial charge in [-0.2, -0.15) is 0 Å². The van der Waals surface area contributed by atoms with Gasteiger partial charge >= 0.3 is 6.09 Å². The Morgan fingerprint density at radius 2 is 1.73 bits per heavy atom. The number of ether oxygens (including phenoxy) is 1. The van der Waals surface area contributed by atoms with Gasteiger partial charge in [0.2, 0.25) is 5.91 Å². The molecule has 2 atom stereocenters. The molecule has 2 amide bonds. The molecule has 9 heteroatoms. The van der Waals surface area contributed by atoms with E-state index in [9.17, 15) is 27.9 Å². The van der Waals surface area contributed by atoms with E-state index in [0.717, 1.165) is 16.5 Å². The number of hydrogen-bond donors (Lipinski definition) is 1. The van der Waals surface area contributed by atoms with Gasteiger partial charge < -0.3 is 14.7 Å². The lowest BCUT2D eigenvalue weighted by Crippen LogP contribution is -2.60. The molecule has 1 N–H and O–H groups in total. The average Bonchev–Trinajstić information content (AvgIpc) is 2.72. The molecule has 0 aromatic heterocycles. The monoisotopic (exact) mass is 464 g/mol. The molecule has 1 aliphatic rings. The summed E-state index contributed by atoms with van der Waals surface area (Å²) in [6.45, 7) is 5.24. The summed E-state index contributed by atoms with van der Waals surface area (Å²) >= 11 is 0. The van der Waals surface area contributed by atoms with E-state index in [0.29, 0.717) is 11.8 Å². The number of benzene rings is 2. The van der Waals surface area contributed by atoms with Crippen molar-refractivity contribution in [1.82, 2.24) is 9.80 Å². The summed E-state index contributed by atoms with van der Waals surface area (Å²) in [5.74, 6) is -4.27. The number of hydrogen-bond acceptors (Lipinski definition) is 3. The molecule has 0 aliphatic carbocycles. The molecular weight excluding hydrogens is 437 g/mol. The average molecular weight is 464 g/mol. The Bertz CT molecular complexity index is 1040. The second-order valence-electron chi connectivity index (χ2n) is 9.11. The van der Waals surface area contributed by atoms with Gasteiger partial charge in [0.1, 0.15) is 11.6 Å². The Kier molecular flexibility index (Phi) is 6.90. The number of piperidine rings is 1. The predicted molar refractivity (Wildman–Crippen MR) is 115 cm³/mol. The molecule has 178 valence electrons. The van der Waals surface area contributed by atoms with Crippen LogP contribution >= 0.6 is 0 Å². The topological polar surface area (TPSA) is 70.1 Å². The van der Waals surface area contributed by atoms with Crippen LogP contribution in [-0.2, 0) is 11.3 Å². The van der Waals surface area contributed by atoms with Crippen molar-refractivity contribution in [3.63, 3.8) is 0 Å². The van der Waals surface area contributed by atoms with Gasteiger partial charge in [-0.1, -0.05) is 12.1 Å². The first-order valence-electron chi connectivity index (χ1n) is 10.5. The van der Waals surface area contributed by atoms with E-state index >= 15 is 0 Å². The molecule has 0 saturated carbocycles. The van der Waals surface area contributed by atoms with Crippen molar-refractivity contribution in [1.29, 1.82) is 0 Å². The van der Waals surface area contributed by atoms with Gasteiger partial charge in [0.25, 0.3) is 0 Å². The first kappa shape index (κ1) is 24.4. The highest BCUT2D eigenvalue weighted by Crippen LogP contribution is 2.37. The fraction of sp³-hybridized carbons (Fsp3) is 0.417. The van der Waals surface area contributed by atoms with Gasteiger partial charge in [0, 0.05) is 37.0 Å². The maximum Gasteiger partial charge on any atom is 0.408 e. The summed E-state index contributed by atoms with van der Waals surface area (Å²) in [5.41, 5.74) is -0.305. The van der Waals surface area contributed by atoms with Crippen LogP contribution in [0.5, 0.6) is 5.75 Å². The molecule has 6 nitrogen and oxygen atoms in total. The summed E-state index contributed by atoms with van der Waals surface area (Å²) in [7, 11) is 1.54. The predicted octanol–water partition coefficient (Wildman–Crippen LogP) is 4.78. The maximum atomic E-state index is 14.7. The standard InChI is InChI=1S/C24H27F3N2O4/c1-24(2,3)29(23(31)32)21-13-28(12-14-5-7-15(33-4)8-6-14)22(30)10-17(21)16-9-19(26)20(27)11-18(16)25/h5-9,11,17,21H,10,12-13H2,1-4H3,(H,31,32)/t17-,21+/m1/s1. The van der Waals surface area contributed by atoms with Gasteiger partial charge in [-0.15, -0.1) is 0 Å². The Morgan fingerprint density at radius 1 is 1.12 bits per heavy atom. The number of likely N-dealkylation sites (tertiary alicyclic amines) is 1. The third kappa shape index (κ3) is 5.23. The van der Waals surface area contributed by atoms with Crippen LogP contribution < -0.4 is 4.74 Å². The van der Waals surface area contributed by atoms with Gasteiger partial charge in [0.15, 0.2) is 11.6 Å². The zero-order valence-electron chi connectivity index (χ0n) is 18.9. The molecule has 1 fully saturated rings. The second-order valence-corrected chi connectivity index (χ2v) is 9.11. The van der Waals surface area contributed by atoms with Gasteiger partial charge in [0.05, 0.1) is 13.2 Å². The molecule has 0 radical (unpaired) electrons. The van der Waals surface area contributed by atoms with Crippen molar-refractivity contribution in [2.45, 2.75) is 51.2 Å². The van der Waals surface area contributed by atoms with Crippen molar-refractivity contribution in [3.8, 4) is 5.75 Å². The molecule has 2 aromatic carbocycles. The van der Waals surface area contributed by atoms with Crippen molar-refractivity contribution in [3.05, 3.63) is 65.0 Å². The Morgan fingerprint density at radius 3 is 2.27 bits per heavy atom. The van der Waals surface area contributed by atoms with Crippen LogP contribution in [0.2, 0.25) is 0 Å². The minimum Gasteiger partial charge on any atom is -0.497 e. The maximum absolute atomic E-state index is 14.7. The van der Waals surface area contributed by atoms with E-state index in [1.54, 1.807) is 45.0 Å². The van der Waals surface area contributed by atoms with Crippen LogP contribution in [0.1, 0.15) is 44.2 Å². The molecule has 0 unspecified atom stereocenters. The zero-order valence-corrected chi connectivity index (χ0v) is 18.9. The lowest BCUT2D eigenvalue weighted by Gasteiger charge is -2.47. The van der Waals surface area contributed by atoms with Crippen molar-refractivity contribution in [2.24, 2.45) is 0 Å². The molecular formula is C24H27F3N2O4. The highest BCUT2D eigenvalue weighted by molar-refractivity contribution is 5.79. The van der Waals surface area contributed by atoms with Crippen LogP contribution in [-0.4, -0.2) is 52.1 Å². The van der Waals surface area contributed by atoms with E-state index in [2.05, 4.69) is 0 Å². The number of nitrogens with zero attached hydrogens (tertiary/aromatic N) is 2. The summed E-state index contributed by atoms with van der Waals surface area (Å²) in [5, 5.41) is 9.97. The lowest BCUT2D eigenvalue weighted by atomic mass is 9.82. The number of rotatable bonds is 5. The molecule has 33 heavy (non-hydrogen) atoms. The van der Waals surface area contributed by atoms with E-state index < -0.39 is 41.0 Å². The Balaban J connectivity index is 2.01. The number of carbonyl (C=O) groups is 2. The molecule has 3 rings (SSSR count). The number of halogens is 3. The van der Waals surface area contributed by atoms with Crippen LogP contribution in [0.4, 0.5) is 18.0 Å². The minimum absolute atomic E-state index is 0.0302. The van der Waals surface area contributed by atoms with E-state index in [1.807, 2.05) is 0 Å². The molecule has 1 saturated heterocycles. The summed E-state index contributed by atoms with van der Waals surface area (Å²) in [6, 6.07) is 7.36. The Labute approximate surface area is 190 Å². The number of carbonyl (C=O) groups excluding carboxylic acids is 1. The first-order chi connectivity index (χ1) is 15.4. The number of amides is 2. The SMILES string of the molecule is COc1ccc(CN2C[C@H](N(C(=O)O)C(C)(C)C)[C@@H](c3cc(F)c(F)cc3F)CC2=O)cc1. The van der Waals surface area contributed by atoms with Gasteiger partial charge in [-0.25, -0.2) is 18.0 Å². The van der Waals surface area contributed by atoms with E-state index in [4.69, 9.17) is 4.74 Å². The van der Waals surface area contributed by atoms with Crippen LogP contribution in [0.3, 0.4) is 0 Å². The minimum atomic E-state index is -1.35. The van der Waals surface area contributed by atoms with Crippen LogP contribution in [0.25, 0.3) is 0 Å². The molecule has 2 aromatic rings. The zero-order chi connectivity index (χ0) is 24.5. The summed E-state index contributed by atoms with van der Waals surface area (Å²) in [6.07, 6.45) is -1.50. The lowest BCUT2D eigenvalue weighted by molar-refractivity contribution is -0.137. The van der Waals surface area contributed by atoms with Crippen molar-refractivity contribution in [2.75, 3.05) is 13.7 Å². The normalized spacial score (nSPS) is 18.9. The molecule has 1 heterocycles. The molecule has 0 bridgehead atoms. The smallest absolute Gasteiger partial charge is 0.408 e. The van der Waals surface area contributed by atoms with Crippen LogP contribution in [0.15, 0.2) is 36.4 Å². The first-order valence-corrected chi connectivity index (χ1v) is 10.5. The largest absolute Gasteiger partial charge is 0.497 e. The quantitative estimate of drug-likeness (QED) is 0.647. The van der Waals surface area contributed by atoms with Crippen molar-refractivity contribution >= 4 is 12.0 Å². The third-order valence-electron chi connectivity index (χ3n) is 5.85. The fourth-order valence-electron chi connectivity index (χ4n) is 4.34. The van der Waals surface area contributed by atoms with Crippen molar-refractivity contribution < 1.29 is 32.6 Å². The van der Waals surface area contributed by atoms with Gasteiger partial charge in [-0.3, -0.25) is 9.69 Å². The second kappa shape index (κ2) is 9.33. The number of carboxylic acid groups (broad SMARTS) is 1. The van der Waals surface area contributed by atoms with E-state index in [-0.39, 0.29) is 31.0 Å². The highest BCUT2D eigenvalue weighted by atomic mass is 19.2. The molecule has 0 spiro atoms. The summed E-state index contributed by atoms with van der Waals surface area (Å²) < 4.78 is 47.3.